The summed E-state index contributed by atoms with van der Waals surface area (Å²) in [5, 5.41) is 2.20. The Kier molecular flexibility index (Phi) is 19.8. The van der Waals surface area contributed by atoms with E-state index < -0.39 is 35.4 Å². The molecule has 0 fully saturated rings. The molecule has 0 aromatic heterocycles. The fraction of sp³-hybridized carbons (Fsp3) is 0.632. The maximum atomic E-state index is 12.4. The van der Waals surface area contributed by atoms with Crippen molar-refractivity contribution in [2.45, 2.75) is 51.6 Å². The molecule has 12 nitrogen and oxygen atoms in total. The summed E-state index contributed by atoms with van der Waals surface area (Å²) in [5.74, 6) is 1.41. The fourth-order valence-electron chi connectivity index (χ4n) is 2.20. The Hall–Kier alpha value is -2.75. The third-order valence-electron chi connectivity index (χ3n) is 3.54. The van der Waals surface area contributed by atoms with Gasteiger partial charge in [-0.3, -0.25) is 14.6 Å². The van der Waals surface area contributed by atoms with Crippen LogP contribution >= 0.6 is 24.8 Å². The predicted octanol–water partition coefficient (Wildman–Crippen LogP) is -0.851. The molecule has 14 heteroatoms. The zero-order valence-electron chi connectivity index (χ0n) is 18.9. The van der Waals surface area contributed by atoms with Gasteiger partial charge in [-0.1, -0.05) is 11.8 Å². The molecule has 33 heavy (non-hydrogen) atoms. The molecular weight excluding hydrogens is 481 g/mol. The van der Waals surface area contributed by atoms with Crippen LogP contribution in [0.1, 0.15) is 40.0 Å². The summed E-state index contributed by atoms with van der Waals surface area (Å²) in [6, 6.07) is -0.861. The minimum Gasteiger partial charge on any atom is -0.464 e. The average Bonchev–Trinajstić information content (AvgIpc) is 2.69. The molecule has 190 valence electrons. The molecule has 0 aromatic carbocycles. The van der Waals surface area contributed by atoms with Crippen molar-refractivity contribution in [2.24, 2.45) is 22.2 Å². The third-order valence-corrected chi connectivity index (χ3v) is 3.54. The Balaban J connectivity index is -0.00000450. The predicted molar refractivity (Wildman–Crippen MR) is 126 cm³/mol. The third kappa shape index (κ3) is 13.4. The normalized spacial score (nSPS) is 10.5. The Morgan fingerprint density at radius 1 is 1.03 bits per heavy atom. The highest BCUT2D eigenvalue weighted by Crippen LogP contribution is 2.11. The van der Waals surface area contributed by atoms with E-state index in [1.54, 1.807) is 0 Å². The number of rotatable bonds is 12. The summed E-state index contributed by atoms with van der Waals surface area (Å²) in [6.07, 6.45) is 0.775. The van der Waals surface area contributed by atoms with E-state index >= 15 is 0 Å². The minimum absolute atomic E-state index is 0. The molecule has 0 saturated carbocycles. The molecule has 0 rings (SSSR count). The lowest BCUT2D eigenvalue weighted by Crippen LogP contribution is -2.60. The van der Waals surface area contributed by atoms with Gasteiger partial charge in [0.1, 0.15) is 12.6 Å². The van der Waals surface area contributed by atoms with Gasteiger partial charge in [0.15, 0.2) is 5.96 Å². The molecule has 0 bridgehead atoms. The average molecular weight is 514 g/mol. The van der Waals surface area contributed by atoms with Gasteiger partial charge in [0.05, 0.1) is 13.2 Å². The lowest BCUT2D eigenvalue weighted by molar-refractivity contribution is -0.164. The second kappa shape index (κ2) is 18.8. The highest BCUT2D eigenvalue weighted by atomic mass is 35.5. The molecule has 0 aliphatic rings. The highest BCUT2D eigenvalue weighted by Gasteiger charge is 2.49. The number of ether oxygens (including phenoxy) is 3. The van der Waals surface area contributed by atoms with E-state index in [2.05, 4.69) is 22.2 Å². The number of carbonyl (C=O) groups excluding carboxylic acids is 4. The number of aliphatic imine (C=N–C) groups is 1. The van der Waals surface area contributed by atoms with Gasteiger partial charge in [-0.05, 0) is 26.7 Å². The van der Waals surface area contributed by atoms with Crippen molar-refractivity contribution in [1.82, 2.24) is 5.32 Å². The van der Waals surface area contributed by atoms with E-state index in [0.717, 1.165) is 6.92 Å². The maximum absolute atomic E-state index is 12.4. The number of nitrogens with zero attached hydrogens (tertiary/aromatic N) is 1. The number of halogens is 2. The lowest BCUT2D eigenvalue weighted by atomic mass is 10.00. The summed E-state index contributed by atoms with van der Waals surface area (Å²) in [6.45, 7) is 4.30. The van der Waals surface area contributed by atoms with Gasteiger partial charge in [-0.25, -0.2) is 9.59 Å². The zero-order valence-corrected chi connectivity index (χ0v) is 20.5. The lowest BCUT2D eigenvalue weighted by Gasteiger charge is -2.24. The summed E-state index contributed by atoms with van der Waals surface area (Å²) >= 11 is 0. The Bertz CT molecular complexity index is 716. The molecule has 1 amide bonds. The van der Waals surface area contributed by atoms with Crippen LogP contribution in [0.3, 0.4) is 0 Å². The van der Waals surface area contributed by atoms with Crippen molar-refractivity contribution >= 4 is 54.6 Å². The number of nitrogens with one attached hydrogen (secondary N) is 1. The van der Waals surface area contributed by atoms with Crippen LogP contribution < -0.4 is 22.5 Å². The van der Waals surface area contributed by atoms with Crippen molar-refractivity contribution in [3.05, 3.63) is 0 Å². The van der Waals surface area contributed by atoms with Gasteiger partial charge in [0.2, 0.25) is 5.91 Å². The van der Waals surface area contributed by atoms with Crippen LogP contribution in [0.2, 0.25) is 0 Å². The van der Waals surface area contributed by atoms with E-state index in [9.17, 15) is 19.2 Å². The topological polar surface area (TPSA) is 198 Å². The van der Waals surface area contributed by atoms with E-state index in [1.165, 1.54) is 13.8 Å². The standard InChI is InChI=1S/C19H31N5O7.2ClH/c1-4-29-16(27)19(24-13(3)25,17(28)30-5-2)10-6-7-12-31-15(26)14(20)9-8-11-23-18(21)22;;/h14H,4-5,7-9,11-12,20H2,1-3H3,(H,24,25)(H4,21,22,23);2*1H/t14-;;/m0../s1. The molecule has 0 aliphatic heterocycles. The maximum Gasteiger partial charge on any atom is 0.356 e. The Morgan fingerprint density at radius 2 is 1.58 bits per heavy atom. The van der Waals surface area contributed by atoms with Gasteiger partial charge in [0.25, 0.3) is 5.54 Å². The summed E-state index contributed by atoms with van der Waals surface area (Å²) in [4.78, 5) is 52.0. The van der Waals surface area contributed by atoms with Gasteiger partial charge in [-0.2, -0.15) is 0 Å². The largest absolute Gasteiger partial charge is 0.464 e. The fourth-order valence-corrected chi connectivity index (χ4v) is 2.20. The van der Waals surface area contributed by atoms with Crippen LogP contribution in [0.25, 0.3) is 0 Å². The second-order valence-corrected chi connectivity index (χ2v) is 6.15. The smallest absolute Gasteiger partial charge is 0.356 e. The molecule has 1 atom stereocenters. The number of hydrogen-bond acceptors (Lipinski definition) is 9. The van der Waals surface area contributed by atoms with Crippen LogP contribution in [0, 0.1) is 11.8 Å². The van der Waals surface area contributed by atoms with E-state index in [-0.39, 0.29) is 57.0 Å². The summed E-state index contributed by atoms with van der Waals surface area (Å²) in [5.41, 5.74) is 13.8. The zero-order chi connectivity index (χ0) is 23.9. The molecule has 0 heterocycles. The molecule has 0 radical (unpaired) electrons. The first kappa shape index (κ1) is 34.9. The number of nitrogens with two attached hydrogens (primary N) is 3. The first-order chi connectivity index (χ1) is 14.6. The van der Waals surface area contributed by atoms with Crippen molar-refractivity contribution in [3.63, 3.8) is 0 Å². The Morgan fingerprint density at radius 3 is 2.03 bits per heavy atom. The minimum atomic E-state index is -2.32. The van der Waals surface area contributed by atoms with Crippen LogP contribution in [0.15, 0.2) is 4.99 Å². The number of amides is 1. The first-order valence-electron chi connectivity index (χ1n) is 9.71. The van der Waals surface area contributed by atoms with Gasteiger partial charge >= 0.3 is 17.9 Å². The monoisotopic (exact) mass is 513 g/mol. The first-order valence-corrected chi connectivity index (χ1v) is 9.71. The van der Waals surface area contributed by atoms with Crippen LogP contribution in [-0.4, -0.2) is 67.7 Å². The van der Waals surface area contributed by atoms with Crippen LogP contribution in [0.5, 0.6) is 0 Å². The van der Waals surface area contributed by atoms with Crippen molar-refractivity contribution < 1.29 is 33.4 Å². The molecule has 0 unspecified atom stereocenters. The molecule has 0 aliphatic carbocycles. The second-order valence-electron chi connectivity index (χ2n) is 6.15. The number of esters is 3. The van der Waals surface area contributed by atoms with E-state index in [1.807, 2.05) is 0 Å². The Labute approximate surface area is 205 Å². The van der Waals surface area contributed by atoms with E-state index in [0.29, 0.717) is 19.4 Å². The molecule has 0 spiro atoms. The van der Waals surface area contributed by atoms with Gasteiger partial charge < -0.3 is 36.7 Å². The van der Waals surface area contributed by atoms with Gasteiger partial charge in [-0.15, -0.1) is 24.8 Å². The number of guanidine groups is 1. The van der Waals surface area contributed by atoms with Gasteiger partial charge in [0, 0.05) is 19.9 Å². The summed E-state index contributed by atoms with van der Waals surface area (Å²) in [7, 11) is 0. The number of carbonyl (C=O) groups is 4. The molecule has 7 N–H and O–H groups in total. The summed E-state index contributed by atoms with van der Waals surface area (Å²) < 4.78 is 14.8. The molecule has 0 saturated heterocycles. The molecular formula is C19H33Cl2N5O7. The quantitative estimate of drug-likeness (QED) is 0.0484. The number of hydrogen-bond donors (Lipinski definition) is 4. The van der Waals surface area contributed by atoms with Crippen LogP contribution in [0.4, 0.5) is 0 Å². The van der Waals surface area contributed by atoms with Crippen molar-refractivity contribution in [2.75, 3.05) is 26.4 Å². The molecule has 0 aromatic rings. The van der Waals surface area contributed by atoms with Crippen LogP contribution in [-0.2, 0) is 33.4 Å². The van der Waals surface area contributed by atoms with Crippen molar-refractivity contribution in [3.8, 4) is 11.8 Å². The van der Waals surface area contributed by atoms with E-state index in [4.69, 9.17) is 31.4 Å². The highest BCUT2D eigenvalue weighted by molar-refractivity contribution is 6.11. The SMILES string of the molecule is CCOC(=O)C(C#CCCOC(=O)[C@@H](N)CCCN=C(N)N)(NC(C)=O)C(=O)OCC.Cl.Cl. The van der Waals surface area contributed by atoms with Crippen molar-refractivity contribution in [1.29, 1.82) is 0 Å².